The Kier molecular flexibility index (Phi) is 4.55. The number of carbonyl (C=O) groups is 1. The topological polar surface area (TPSA) is 40.5 Å². The SMILES string of the molecule is CC(O)C1CCN(C(=O)C=Cc2cccs2)CC1. The highest BCUT2D eigenvalue weighted by molar-refractivity contribution is 7.10. The zero-order valence-corrected chi connectivity index (χ0v) is 11.4. The molecule has 1 saturated heterocycles. The summed E-state index contributed by atoms with van der Waals surface area (Å²) in [5, 5.41) is 11.5. The lowest BCUT2D eigenvalue weighted by Gasteiger charge is -2.32. The van der Waals surface area contributed by atoms with Crippen LogP contribution in [0.15, 0.2) is 23.6 Å². The Balaban J connectivity index is 1.84. The molecule has 1 aliphatic heterocycles. The van der Waals surface area contributed by atoms with Gasteiger partial charge in [-0.3, -0.25) is 4.79 Å². The van der Waals surface area contributed by atoms with Crippen LogP contribution in [0, 0.1) is 5.92 Å². The number of rotatable bonds is 3. The first kappa shape index (κ1) is 13.3. The minimum atomic E-state index is -0.260. The summed E-state index contributed by atoms with van der Waals surface area (Å²) in [7, 11) is 0. The first-order chi connectivity index (χ1) is 8.66. The molecular weight excluding hydrogens is 246 g/mol. The molecule has 0 spiro atoms. The minimum absolute atomic E-state index is 0.0763. The van der Waals surface area contributed by atoms with Crippen LogP contribution in [-0.2, 0) is 4.79 Å². The second-order valence-electron chi connectivity index (χ2n) is 4.75. The highest BCUT2D eigenvalue weighted by Gasteiger charge is 2.24. The zero-order valence-electron chi connectivity index (χ0n) is 10.6. The Labute approximate surface area is 112 Å². The molecule has 1 aliphatic rings. The average molecular weight is 265 g/mol. The van der Waals surface area contributed by atoms with E-state index >= 15 is 0 Å². The molecule has 1 amide bonds. The molecule has 4 heteroatoms. The van der Waals surface area contributed by atoms with Gasteiger partial charge in [0.1, 0.15) is 0 Å². The van der Waals surface area contributed by atoms with E-state index < -0.39 is 0 Å². The molecule has 1 atom stereocenters. The summed E-state index contributed by atoms with van der Waals surface area (Å²) >= 11 is 1.63. The van der Waals surface area contributed by atoms with E-state index in [4.69, 9.17) is 0 Å². The maximum atomic E-state index is 12.0. The van der Waals surface area contributed by atoms with Gasteiger partial charge in [-0.15, -0.1) is 11.3 Å². The number of nitrogens with zero attached hydrogens (tertiary/aromatic N) is 1. The van der Waals surface area contributed by atoms with E-state index in [0.29, 0.717) is 5.92 Å². The number of hydrogen-bond donors (Lipinski definition) is 1. The van der Waals surface area contributed by atoms with Crippen LogP contribution in [0.3, 0.4) is 0 Å². The van der Waals surface area contributed by atoms with E-state index in [1.807, 2.05) is 35.4 Å². The highest BCUT2D eigenvalue weighted by atomic mass is 32.1. The van der Waals surface area contributed by atoms with Gasteiger partial charge in [0.2, 0.25) is 5.91 Å². The molecule has 0 radical (unpaired) electrons. The van der Waals surface area contributed by atoms with Crippen molar-refractivity contribution in [3.05, 3.63) is 28.5 Å². The van der Waals surface area contributed by atoms with Crippen molar-refractivity contribution in [2.45, 2.75) is 25.9 Å². The smallest absolute Gasteiger partial charge is 0.246 e. The summed E-state index contributed by atoms with van der Waals surface area (Å²) in [5.74, 6) is 0.419. The monoisotopic (exact) mass is 265 g/mol. The second-order valence-corrected chi connectivity index (χ2v) is 5.73. The zero-order chi connectivity index (χ0) is 13.0. The summed E-state index contributed by atoms with van der Waals surface area (Å²) in [4.78, 5) is 14.9. The predicted octanol–water partition coefficient (Wildman–Crippen LogP) is 2.38. The van der Waals surface area contributed by atoms with Crippen LogP contribution in [0.25, 0.3) is 6.08 Å². The van der Waals surface area contributed by atoms with E-state index in [0.717, 1.165) is 30.8 Å². The van der Waals surface area contributed by atoms with Gasteiger partial charge in [-0.05, 0) is 43.2 Å². The van der Waals surface area contributed by atoms with E-state index in [9.17, 15) is 9.90 Å². The van der Waals surface area contributed by atoms with E-state index in [1.54, 1.807) is 17.4 Å². The molecule has 1 fully saturated rings. The third-order valence-electron chi connectivity index (χ3n) is 3.47. The highest BCUT2D eigenvalue weighted by Crippen LogP contribution is 2.21. The Morgan fingerprint density at radius 2 is 2.28 bits per heavy atom. The molecule has 0 bridgehead atoms. The third kappa shape index (κ3) is 3.43. The third-order valence-corrected chi connectivity index (χ3v) is 4.30. The van der Waals surface area contributed by atoms with Crippen molar-refractivity contribution >= 4 is 23.3 Å². The fourth-order valence-electron chi connectivity index (χ4n) is 2.25. The predicted molar refractivity (Wildman–Crippen MR) is 74.3 cm³/mol. The maximum absolute atomic E-state index is 12.0. The van der Waals surface area contributed by atoms with Crippen molar-refractivity contribution in [2.75, 3.05) is 13.1 Å². The lowest BCUT2D eigenvalue weighted by molar-refractivity contribution is -0.127. The van der Waals surface area contributed by atoms with Gasteiger partial charge in [0.15, 0.2) is 0 Å². The van der Waals surface area contributed by atoms with Gasteiger partial charge in [-0.25, -0.2) is 0 Å². The number of thiophene rings is 1. The van der Waals surface area contributed by atoms with Crippen LogP contribution >= 0.6 is 11.3 Å². The quantitative estimate of drug-likeness (QED) is 0.852. The van der Waals surface area contributed by atoms with Gasteiger partial charge >= 0.3 is 0 Å². The number of carbonyl (C=O) groups excluding carboxylic acids is 1. The Hall–Kier alpha value is -1.13. The van der Waals surface area contributed by atoms with Crippen molar-refractivity contribution in [1.82, 2.24) is 4.90 Å². The first-order valence-corrected chi connectivity index (χ1v) is 7.23. The molecule has 2 rings (SSSR count). The molecule has 1 unspecified atom stereocenters. The van der Waals surface area contributed by atoms with Crippen molar-refractivity contribution in [2.24, 2.45) is 5.92 Å². The van der Waals surface area contributed by atoms with E-state index in [-0.39, 0.29) is 12.0 Å². The normalized spacial score (nSPS) is 19.3. The van der Waals surface area contributed by atoms with Crippen LogP contribution in [0.1, 0.15) is 24.6 Å². The molecule has 18 heavy (non-hydrogen) atoms. The standard InChI is InChI=1S/C14H19NO2S/c1-11(16)12-6-8-15(9-7-12)14(17)5-4-13-3-2-10-18-13/h2-5,10-12,16H,6-9H2,1H3. The Morgan fingerprint density at radius 1 is 1.56 bits per heavy atom. The number of piperidine rings is 1. The van der Waals surface area contributed by atoms with Crippen molar-refractivity contribution in [3.8, 4) is 0 Å². The van der Waals surface area contributed by atoms with Gasteiger partial charge < -0.3 is 10.0 Å². The maximum Gasteiger partial charge on any atom is 0.246 e. The average Bonchev–Trinajstić information content (AvgIpc) is 2.89. The second kappa shape index (κ2) is 6.16. The number of aliphatic hydroxyl groups excluding tert-OH is 1. The molecule has 0 aromatic carbocycles. The summed E-state index contributed by atoms with van der Waals surface area (Å²) in [6.07, 6.45) is 5.05. The van der Waals surface area contributed by atoms with Gasteiger partial charge in [0.05, 0.1) is 6.10 Å². The summed E-state index contributed by atoms with van der Waals surface area (Å²) in [6.45, 7) is 3.34. The molecule has 0 aliphatic carbocycles. The first-order valence-electron chi connectivity index (χ1n) is 6.35. The fraction of sp³-hybridized carbons (Fsp3) is 0.500. The van der Waals surface area contributed by atoms with Gasteiger partial charge in [-0.1, -0.05) is 6.07 Å². The minimum Gasteiger partial charge on any atom is -0.393 e. The summed E-state index contributed by atoms with van der Waals surface area (Å²) < 4.78 is 0. The van der Waals surface area contributed by atoms with Crippen LogP contribution in [-0.4, -0.2) is 35.1 Å². The largest absolute Gasteiger partial charge is 0.393 e. The van der Waals surface area contributed by atoms with Crippen LogP contribution in [0.2, 0.25) is 0 Å². The fourth-order valence-corrected chi connectivity index (χ4v) is 2.87. The summed E-state index contributed by atoms with van der Waals surface area (Å²) in [5.41, 5.74) is 0. The molecule has 2 heterocycles. The molecule has 1 aromatic heterocycles. The van der Waals surface area contributed by atoms with Crippen molar-refractivity contribution in [1.29, 1.82) is 0 Å². The van der Waals surface area contributed by atoms with Gasteiger partial charge in [0.25, 0.3) is 0 Å². The molecule has 1 aromatic rings. The molecule has 0 saturated carbocycles. The Bertz CT molecular complexity index is 403. The van der Waals surface area contributed by atoms with Crippen molar-refractivity contribution in [3.63, 3.8) is 0 Å². The lowest BCUT2D eigenvalue weighted by Crippen LogP contribution is -2.39. The summed E-state index contributed by atoms with van der Waals surface area (Å²) in [6, 6.07) is 3.97. The Morgan fingerprint density at radius 3 is 2.83 bits per heavy atom. The van der Waals surface area contributed by atoms with Gasteiger partial charge in [-0.2, -0.15) is 0 Å². The number of hydrogen-bond acceptors (Lipinski definition) is 3. The molecule has 1 N–H and O–H groups in total. The molecule has 3 nitrogen and oxygen atoms in total. The molecular formula is C14H19NO2S. The van der Waals surface area contributed by atoms with E-state index in [1.165, 1.54) is 0 Å². The number of likely N-dealkylation sites (tertiary alicyclic amines) is 1. The number of amides is 1. The number of aliphatic hydroxyl groups is 1. The van der Waals surface area contributed by atoms with Crippen LogP contribution in [0.4, 0.5) is 0 Å². The lowest BCUT2D eigenvalue weighted by atomic mass is 9.92. The van der Waals surface area contributed by atoms with Crippen LogP contribution < -0.4 is 0 Å². The molecule has 98 valence electrons. The van der Waals surface area contributed by atoms with E-state index in [2.05, 4.69) is 0 Å². The van der Waals surface area contributed by atoms with Gasteiger partial charge in [0, 0.05) is 24.0 Å². The van der Waals surface area contributed by atoms with Crippen LogP contribution in [0.5, 0.6) is 0 Å². The van der Waals surface area contributed by atoms with Crippen molar-refractivity contribution < 1.29 is 9.90 Å².